The number of carbonyl (C=O) groups excluding carboxylic acids is 7. The second-order valence-corrected chi connectivity index (χ2v) is 36.5. The van der Waals surface area contributed by atoms with Crippen LogP contribution in [-0.4, -0.2) is 275 Å². The number of aliphatic hydroxyl groups is 3. The van der Waals surface area contributed by atoms with E-state index in [0.717, 1.165) is 27.7 Å². The van der Waals surface area contributed by atoms with E-state index in [4.69, 9.17) is 34.6 Å². The predicted molar refractivity (Wildman–Crippen MR) is 422 cm³/mol. The van der Waals surface area contributed by atoms with Gasteiger partial charge in [-0.2, -0.15) is 132 Å². The van der Waals surface area contributed by atoms with Gasteiger partial charge in [0.2, 0.25) is 0 Å². The van der Waals surface area contributed by atoms with Crippen molar-refractivity contribution in [3.05, 3.63) is 34.9 Å². The number of carbonyl (C=O) groups is 11. The van der Waals surface area contributed by atoms with Crippen LogP contribution in [0.25, 0.3) is 0 Å². The van der Waals surface area contributed by atoms with Crippen LogP contribution in [0.15, 0.2) is 18.2 Å². The van der Waals surface area contributed by atoms with E-state index in [9.17, 15) is 226 Å². The summed E-state index contributed by atoms with van der Waals surface area (Å²) in [5.74, 6) is -142. The minimum Gasteiger partial charge on any atom is -0.481 e. The SMILES string of the molecule is CC(CC(CC(C(=O)O)C(C)C(=O)O)OCCCCO)C(=O)OCC(F)(F)C(F)(F)C(F)(F)C(F)(F)C(F)(F)C(F)F.CCC(C)(CC(CC(C)(CC(C)(C)C)C(=O)OCC(F)(F)C(F)(F)C(F)(F)C(F)(F)C(F)(F)C(F)F)C(=O)O)C(=O)OCCO.CCc1cccc(CC)c1C1C(=O)C(C)C(C(C)(CC(CC(C)(CC)C(=O)OCCO)C(=O)O)C(=O)OCC(F)(F)C(F)(F)C(F)(F)C(F)(F)C(F)(F)C(F)F)C1=O. The molecule has 2 rings (SSSR count). The summed E-state index contributed by atoms with van der Waals surface area (Å²) in [6.07, 6.45) is -23.0. The summed E-state index contributed by atoms with van der Waals surface area (Å²) in [5.41, 5.74) is -8.28. The fourth-order valence-electron chi connectivity index (χ4n) is 15.2. The number of hydrogen-bond acceptors (Lipinski definition) is 20. The van der Waals surface area contributed by atoms with Crippen LogP contribution in [0.2, 0.25) is 0 Å². The number of ether oxygens (including phenoxy) is 6. The Labute approximate surface area is 801 Å². The van der Waals surface area contributed by atoms with Crippen LogP contribution in [-0.2, 0) is 94.0 Å². The Morgan fingerprint density at radius 3 is 1.02 bits per heavy atom. The number of halogens is 36. The van der Waals surface area contributed by atoms with Gasteiger partial charge in [-0.05, 0) is 133 Å². The number of unbranched alkanes of at least 4 members (excludes halogenated alkanes) is 1. The van der Waals surface area contributed by atoms with Crippen LogP contribution in [0.5, 0.6) is 0 Å². The van der Waals surface area contributed by atoms with E-state index in [2.05, 4.69) is 14.2 Å². The molecule has 1 aliphatic carbocycles. The number of esters is 5. The summed E-state index contributed by atoms with van der Waals surface area (Å²) in [6.45, 7) is 5.26. The number of benzene rings is 1. The molecule has 0 aliphatic heterocycles. The zero-order chi connectivity index (χ0) is 115. The first-order valence-electron chi connectivity index (χ1n) is 42.9. The van der Waals surface area contributed by atoms with Gasteiger partial charge in [-0.25, -0.2) is 26.3 Å². The van der Waals surface area contributed by atoms with Gasteiger partial charge in [0.1, 0.15) is 19.1 Å². The number of ketones is 2. The third kappa shape index (κ3) is 29.4. The summed E-state index contributed by atoms with van der Waals surface area (Å²) in [7, 11) is 0. The lowest BCUT2D eigenvalue weighted by Gasteiger charge is -2.40. The molecule has 7 N–H and O–H groups in total. The van der Waals surface area contributed by atoms with Crippen molar-refractivity contribution in [2.45, 2.75) is 301 Å². The summed E-state index contributed by atoms with van der Waals surface area (Å²) in [4.78, 5) is 141. The van der Waals surface area contributed by atoms with Crippen molar-refractivity contribution in [3.8, 4) is 0 Å². The van der Waals surface area contributed by atoms with Crippen LogP contribution < -0.4 is 0 Å². The highest BCUT2D eigenvalue weighted by Gasteiger charge is 2.91. The van der Waals surface area contributed by atoms with Crippen molar-refractivity contribution in [2.75, 3.05) is 59.5 Å². The third-order valence-corrected chi connectivity index (χ3v) is 24.1. The first kappa shape index (κ1) is 136. The zero-order valence-electron chi connectivity index (χ0n) is 78.9. The maximum atomic E-state index is 14.9. The summed E-state index contributed by atoms with van der Waals surface area (Å²) >= 11 is 0. The fourth-order valence-corrected chi connectivity index (χ4v) is 15.2. The molecule has 0 saturated heterocycles. The van der Waals surface area contributed by atoms with Gasteiger partial charge >= 0.3 is 162 Å². The smallest absolute Gasteiger partial charge is 0.384 e. The van der Waals surface area contributed by atoms with E-state index in [1.807, 2.05) is 0 Å². The predicted octanol–water partition coefficient (Wildman–Crippen LogP) is 19.5. The molecule has 0 bridgehead atoms. The van der Waals surface area contributed by atoms with Gasteiger partial charge in [-0.1, -0.05) is 87.4 Å². The average molecular weight is 2200 g/mol. The number of aryl methyl sites for hydroxylation is 2. The highest BCUT2D eigenvalue weighted by molar-refractivity contribution is 6.17. The maximum Gasteiger partial charge on any atom is 0.384 e. The van der Waals surface area contributed by atoms with Crippen molar-refractivity contribution in [3.63, 3.8) is 0 Å². The lowest BCUT2D eigenvalue weighted by molar-refractivity contribution is -0.414. The van der Waals surface area contributed by atoms with Crippen molar-refractivity contribution in [2.24, 2.45) is 68.5 Å². The highest BCUT2D eigenvalue weighted by atomic mass is 19.4. The zero-order valence-corrected chi connectivity index (χ0v) is 78.9. The minimum absolute atomic E-state index is 0.0494. The third-order valence-electron chi connectivity index (χ3n) is 24.1. The largest absolute Gasteiger partial charge is 0.481 e. The number of carboxylic acids is 4. The number of hydrogen-bond donors (Lipinski definition) is 7. The Morgan fingerprint density at radius 2 is 0.717 bits per heavy atom. The molecule has 1 aromatic rings. The molecule has 24 nitrogen and oxygen atoms in total. The maximum absolute atomic E-state index is 14.9. The van der Waals surface area contributed by atoms with E-state index in [0.29, 0.717) is 18.1 Å². The molecule has 1 aromatic carbocycles. The molecular weight excluding hydrogens is 2090 g/mol. The Hall–Kier alpha value is -8.89. The molecule has 844 valence electrons. The Kier molecular flexibility index (Phi) is 47.1. The highest BCUT2D eigenvalue weighted by Crippen LogP contribution is 2.63. The lowest BCUT2D eigenvalue weighted by Crippen LogP contribution is -2.69. The number of Topliss-reactive ketones (excluding diaryl/α,β-unsaturated/α-hetero) is 2. The van der Waals surface area contributed by atoms with Crippen LogP contribution in [0.4, 0.5) is 158 Å². The molecule has 0 aromatic heterocycles. The van der Waals surface area contributed by atoms with Gasteiger partial charge < -0.3 is 64.2 Å². The Balaban J connectivity index is 0.00000218. The van der Waals surface area contributed by atoms with Crippen LogP contribution in [0.3, 0.4) is 0 Å². The summed E-state index contributed by atoms with van der Waals surface area (Å²) in [5, 5.41) is 65.3. The fraction of sp³-hybridized carbons (Fsp3) is 0.800. The number of alkyl halides is 36. The van der Waals surface area contributed by atoms with Gasteiger partial charge in [0, 0.05) is 25.0 Å². The van der Waals surface area contributed by atoms with Crippen LogP contribution in [0.1, 0.15) is 190 Å². The van der Waals surface area contributed by atoms with Gasteiger partial charge in [-0.15, -0.1) is 0 Å². The van der Waals surface area contributed by atoms with Crippen LogP contribution >= 0.6 is 0 Å². The standard InChI is InChI=1S/C37H44F12O9.C26H36F12O7.C22H28F12O8/c1-7-19-11-10-12-20(8-2)22(19)23-25(51)18(4)24(26(23)52)32(6,16-21(27(53)54)15-31(5,9-3)29(55)57-14-13-50)30(56)58-17-33(40,41)35(44,45)37(48,49)36(46,47)34(42,43)28(38)39;1-7-20(5,17(42)44-9-8-39)10-14(15(40)41)11-21(6,12-19(2,3)4)18(43)45-13-22(29,30)24(33,34)26(37,38)25(35,36)23(31,32)16(27)28;1-10(7-12(41-6-4-3-5-35)8-13(15(38)39)11(2)14(36)37)16(40)42-9-18(25,26)20(29,30)22(33,34)21(31,32)19(27,28)17(23)24/h10-12,18,21,23-24,28,50H,7-9,13-17H2,1-6H3,(H,53,54);14,16,39H,7-13H2,1-6H3,(H,40,41);10-13,17,35H,3-9H2,1-2H3,(H,36,37)(H,38,39). The first-order valence-corrected chi connectivity index (χ1v) is 42.9. The van der Waals surface area contributed by atoms with Crippen molar-refractivity contribution in [1.29, 1.82) is 0 Å². The number of carboxylic acid groups (broad SMARTS) is 4. The van der Waals surface area contributed by atoms with Gasteiger partial charge in [0.05, 0.1) is 70.6 Å². The van der Waals surface area contributed by atoms with E-state index >= 15 is 0 Å². The second kappa shape index (κ2) is 50.2. The van der Waals surface area contributed by atoms with Crippen LogP contribution in [0, 0.1) is 68.5 Å². The molecule has 13 unspecified atom stereocenters. The van der Waals surface area contributed by atoms with Gasteiger partial charge in [0.15, 0.2) is 31.4 Å². The van der Waals surface area contributed by atoms with E-state index in [1.165, 1.54) is 48.5 Å². The average Bonchev–Trinajstić information content (AvgIpc) is 1.52. The van der Waals surface area contributed by atoms with E-state index in [-0.39, 0.29) is 57.3 Å². The monoisotopic (exact) mass is 2200 g/mol. The molecule has 13 atom stereocenters. The Bertz CT molecular complexity index is 4490. The molecule has 1 aliphatic rings. The topological polar surface area (TPSA) is 385 Å². The molecule has 0 amide bonds. The molecule has 0 radical (unpaired) electrons. The van der Waals surface area contributed by atoms with Crippen molar-refractivity contribution >= 4 is 65.3 Å². The molecule has 60 heteroatoms. The van der Waals surface area contributed by atoms with E-state index < -0.39 is 345 Å². The number of rotatable bonds is 59. The van der Waals surface area contributed by atoms with Gasteiger partial charge in [-0.3, -0.25) is 52.7 Å². The normalized spacial score (nSPS) is 18.6. The van der Waals surface area contributed by atoms with Crippen molar-refractivity contribution in [1.82, 2.24) is 0 Å². The minimum atomic E-state index is -7.94. The van der Waals surface area contributed by atoms with E-state index in [1.54, 1.807) is 32.0 Å². The molecular formula is C85H108F36O24. The van der Waals surface area contributed by atoms with Crippen molar-refractivity contribution < 1.29 is 275 Å². The molecule has 1 fully saturated rings. The molecule has 0 heterocycles. The molecule has 1 saturated carbocycles. The summed E-state index contributed by atoms with van der Waals surface area (Å²) in [6, 6.07) is 4.76. The molecule has 145 heavy (non-hydrogen) atoms. The first-order chi connectivity index (χ1) is 65.0. The second-order valence-electron chi connectivity index (χ2n) is 36.5. The Morgan fingerprint density at radius 1 is 0.386 bits per heavy atom. The summed E-state index contributed by atoms with van der Waals surface area (Å²) < 4.78 is 516. The lowest BCUT2D eigenvalue weighted by atomic mass is 9.64. The van der Waals surface area contributed by atoms with Gasteiger partial charge in [0.25, 0.3) is 0 Å². The number of aliphatic hydroxyl groups excluding tert-OH is 3. The quantitative estimate of drug-likeness (QED) is 0.0105. The molecule has 0 spiro atoms. The number of aliphatic carboxylic acids is 4.